The molecule has 1 atom stereocenters. The number of fused-ring (bicyclic) bond motifs is 1. The van der Waals surface area contributed by atoms with E-state index in [2.05, 4.69) is 10.2 Å². The first-order chi connectivity index (χ1) is 9.41. The molecule has 0 aliphatic carbocycles. The molecule has 0 unspecified atom stereocenters. The molecular formula is C12H19N5O3. The monoisotopic (exact) mass is 281 g/mol. The smallest absolute Gasteiger partial charge is 0.332 e. The second-order valence-corrected chi connectivity index (χ2v) is 5.00. The predicted molar refractivity (Wildman–Crippen MR) is 73.5 cm³/mol. The lowest BCUT2D eigenvalue weighted by Crippen LogP contribution is -2.39. The second kappa shape index (κ2) is 5.58. The standard InChI is InChI=1S/C12H19N5O3/c1-8(18)6-4-5-7-17-11(19)9-10(14-16(3)13-9)15(2)12(17)20/h8,18H,4-7H2,1-3H3/t8-/m0/s1. The van der Waals surface area contributed by atoms with E-state index in [-0.39, 0.29) is 17.3 Å². The Morgan fingerprint density at radius 1 is 1.20 bits per heavy atom. The van der Waals surface area contributed by atoms with Crippen molar-refractivity contribution < 1.29 is 5.11 Å². The third kappa shape index (κ3) is 2.64. The summed E-state index contributed by atoms with van der Waals surface area (Å²) >= 11 is 0. The first kappa shape index (κ1) is 14.4. The number of unbranched alkanes of at least 4 members (excludes halogenated alkanes) is 1. The summed E-state index contributed by atoms with van der Waals surface area (Å²) in [6.07, 6.45) is 1.71. The van der Waals surface area contributed by atoms with E-state index < -0.39 is 5.56 Å². The van der Waals surface area contributed by atoms with Crippen LogP contribution in [0.2, 0.25) is 0 Å². The fourth-order valence-electron chi connectivity index (χ4n) is 2.15. The SMILES string of the molecule is C[C@H](O)CCCCn1c(=O)c2nn(C)nc2n(C)c1=O. The fourth-order valence-corrected chi connectivity index (χ4v) is 2.15. The minimum absolute atomic E-state index is 0.199. The van der Waals surface area contributed by atoms with Crippen molar-refractivity contribution in [2.75, 3.05) is 0 Å². The highest BCUT2D eigenvalue weighted by atomic mass is 16.3. The van der Waals surface area contributed by atoms with Gasteiger partial charge in [0.05, 0.1) is 6.10 Å². The van der Waals surface area contributed by atoms with Crippen molar-refractivity contribution in [2.24, 2.45) is 14.1 Å². The summed E-state index contributed by atoms with van der Waals surface area (Å²) in [6, 6.07) is 0. The van der Waals surface area contributed by atoms with Gasteiger partial charge in [-0.15, -0.1) is 10.2 Å². The average molecular weight is 281 g/mol. The van der Waals surface area contributed by atoms with Gasteiger partial charge in [0.2, 0.25) is 0 Å². The van der Waals surface area contributed by atoms with Gasteiger partial charge in [0.15, 0.2) is 11.2 Å². The summed E-state index contributed by atoms with van der Waals surface area (Å²) in [5.41, 5.74) is -0.304. The van der Waals surface area contributed by atoms with Crippen LogP contribution < -0.4 is 11.2 Å². The molecule has 0 amide bonds. The molecule has 0 fully saturated rings. The summed E-state index contributed by atoms with van der Waals surface area (Å²) in [5, 5.41) is 17.2. The van der Waals surface area contributed by atoms with Crippen LogP contribution in [0.25, 0.3) is 11.2 Å². The number of aliphatic hydroxyl groups is 1. The van der Waals surface area contributed by atoms with Crippen LogP contribution in [0.3, 0.4) is 0 Å². The van der Waals surface area contributed by atoms with Crippen molar-refractivity contribution in [3.05, 3.63) is 20.8 Å². The van der Waals surface area contributed by atoms with Gasteiger partial charge in [0.1, 0.15) is 0 Å². The molecule has 0 saturated carbocycles. The van der Waals surface area contributed by atoms with Crippen LogP contribution in [0.4, 0.5) is 0 Å². The molecule has 0 aliphatic heterocycles. The summed E-state index contributed by atoms with van der Waals surface area (Å²) in [6.45, 7) is 2.04. The van der Waals surface area contributed by atoms with E-state index in [0.717, 1.165) is 6.42 Å². The largest absolute Gasteiger partial charge is 0.393 e. The van der Waals surface area contributed by atoms with Gasteiger partial charge in [0.25, 0.3) is 5.56 Å². The molecular weight excluding hydrogens is 262 g/mol. The maximum absolute atomic E-state index is 12.2. The highest BCUT2D eigenvalue weighted by molar-refractivity contribution is 5.67. The molecule has 2 heterocycles. The van der Waals surface area contributed by atoms with E-state index in [0.29, 0.717) is 25.0 Å². The normalized spacial score (nSPS) is 13.0. The van der Waals surface area contributed by atoms with Crippen molar-refractivity contribution in [1.82, 2.24) is 24.1 Å². The van der Waals surface area contributed by atoms with Gasteiger partial charge in [-0.2, -0.15) is 4.80 Å². The number of nitrogens with zero attached hydrogens (tertiary/aromatic N) is 5. The molecule has 0 spiro atoms. The molecule has 1 N–H and O–H groups in total. The van der Waals surface area contributed by atoms with Crippen molar-refractivity contribution >= 4 is 11.2 Å². The molecule has 20 heavy (non-hydrogen) atoms. The van der Waals surface area contributed by atoms with Gasteiger partial charge in [-0.3, -0.25) is 13.9 Å². The van der Waals surface area contributed by atoms with Gasteiger partial charge in [-0.25, -0.2) is 4.79 Å². The summed E-state index contributed by atoms with van der Waals surface area (Å²) in [5.74, 6) is 0. The minimum Gasteiger partial charge on any atom is -0.393 e. The van der Waals surface area contributed by atoms with Gasteiger partial charge in [0, 0.05) is 20.6 Å². The first-order valence-electron chi connectivity index (χ1n) is 6.60. The van der Waals surface area contributed by atoms with E-state index in [9.17, 15) is 14.7 Å². The zero-order valence-electron chi connectivity index (χ0n) is 11.9. The van der Waals surface area contributed by atoms with E-state index in [1.807, 2.05) is 0 Å². The Bertz CT molecular complexity index is 725. The average Bonchev–Trinajstić information content (AvgIpc) is 2.77. The molecule has 2 aromatic heterocycles. The zero-order chi connectivity index (χ0) is 14.9. The topological polar surface area (TPSA) is 94.9 Å². The number of aromatic nitrogens is 5. The van der Waals surface area contributed by atoms with Crippen LogP contribution in [0.1, 0.15) is 26.2 Å². The lowest BCUT2D eigenvalue weighted by atomic mass is 10.2. The first-order valence-corrected chi connectivity index (χ1v) is 6.60. The Kier molecular flexibility index (Phi) is 4.03. The van der Waals surface area contributed by atoms with Crippen molar-refractivity contribution in [2.45, 2.75) is 38.8 Å². The van der Waals surface area contributed by atoms with E-state index in [1.165, 1.54) is 13.9 Å². The molecule has 0 saturated heterocycles. The molecule has 0 radical (unpaired) electrons. The van der Waals surface area contributed by atoms with Crippen molar-refractivity contribution in [3.63, 3.8) is 0 Å². The van der Waals surface area contributed by atoms with Crippen LogP contribution in [-0.4, -0.2) is 35.3 Å². The summed E-state index contributed by atoms with van der Waals surface area (Å²) in [7, 11) is 3.18. The Hall–Kier alpha value is -1.96. The van der Waals surface area contributed by atoms with E-state index in [4.69, 9.17) is 0 Å². The predicted octanol–water partition coefficient (Wildman–Crippen LogP) is -0.620. The number of aryl methyl sites for hydroxylation is 2. The number of aliphatic hydroxyl groups excluding tert-OH is 1. The molecule has 8 nitrogen and oxygen atoms in total. The Morgan fingerprint density at radius 2 is 1.90 bits per heavy atom. The van der Waals surface area contributed by atoms with Gasteiger partial charge in [-0.1, -0.05) is 0 Å². The number of rotatable bonds is 5. The quantitative estimate of drug-likeness (QED) is 0.737. The molecule has 0 aliphatic rings. The Balaban J connectivity index is 2.34. The lowest BCUT2D eigenvalue weighted by Gasteiger charge is -2.07. The Morgan fingerprint density at radius 3 is 2.55 bits per heavy atom. The van der Waals surface area contributed by atoms with Gasteiger partial charge >= 0.3 is 5.69 Å². The molecule has 0 aromatic carbocycles. The zero-order valence-corrected chi connectivity index (χ0v) is 11.9. The Labute approximate surface area is 115 Å². The maximum atomic E-state index is 12.2. The van der Waals surface area contributed by atoms with Crippen LogP contribution in [-0.2, 0) is 20.6 Å². The van der Waals surface area contributed by atoms with Gasteiger partial charge in [-0.05, 0) is 26.2 Å². The van der Waals surface area contributed by atoms with Gasteiger partial charge < -0.3 is 5.11 Å². The van der Waals surface area contributed by atoms with Crippen LogP contribution in [0.5, 0.6) is 0 Å². The third-order valence-corrected chi connectivity index (χ3v) is 3.23. The van der Waals surface area contributed by atoms with Crippen molar-refractivity contribution in [3.8, 4) is 0 Å². The maximum Gasteiger partial charge on any atom is 0.332 e. The fraction of sp³-hybridized carbons (Fsp3) is 0.667. The second-order valence-electron chi connectivity index (χ2n) is 5.00. The third-order valence-electron chi connectivity index (χ3n) is 3.23. The summed E-state index contributed by atoms with van der Waals surface area (Å²) in [4.78, 5) is 25.6. The van der Waals surface area contributed by atoms with Crippen LogP contribution >= 0.6 is 0 Å². The molecule has 0 bridgehead atoms. The van der Waals surface area contributed by atoms with Crippen molar-refractivity contribution in [1.29, 1.82) is 0 Å². The van der Waals surface area contributed by atoms with Crippen LogP contribution in [0, 0.1) is 0 Å². The number of hydrogen-bond acceptors (Lipinski definition) is 5. The highest BCUT2D eigenvalue weighted by Gasteiger charge is 2.14. The summed E-state index contributed by atoms with van der Waals surface area (Å²) < 4.78 is 2.51. The number of hydrogen-bond donors (Lipinski definition) is 1. The molecule has 8 heteroatoms. The van der Waals surface area contributed by atoms with E-state index >= 15 is 0 Å². The lowest BCUT2D eigenvalue weighted by molar-refractivity contribution is 0.180. The van der Waals surface area contributed by atoms with E-state index in [1.54, 1.807) is 21.0 Å². The highest BCUT2D eigenvalue weighted by Crippen LogP contribution is 2.02. The minimum atomic E-state index is -0.409. The molecule has 2 aromatic rings. The molecule has 110 valence electrons. The van der Waals surface area contributed by atoms with Crippen LogP contribution in [0.15, 0.2) is 9.59 Å². The molecule has 2 rings (SSSR count).